The second-order valence-electron chi connectivity index (χ2n) is 10.4. The first-order valence-corrected chi connectivity index (χ1v) is 16.1. The van der Waals surface area contributed by atoms with Gasteiger partial charge in [0.05, 0.1) is 23.3 Å². The van der Waals surface area contributed by atoms with Crippen LogP contribution in [-0.4, -0.2) is 29.8 Å². The molecular weight excluding hydrogens is 664 g/mol. The highest BCUT2D eigenvalue weighted by molar-refractivity contribution is 8.00. The van der Waals surface area contributed by atoms with Crippen LogP contribution in [0.5, 0.6) is 5.75 Å². The summed E-state index contributed by atoms with van der Waals surface area (Å²) in [6.45, 7) is 0. The summed E-state index contributed by atoms with van der Waals surface area (Å²) in [6, 6.07) is 35.1. The van der Waals surface area contributed by atoms with Crippen molar-refractivity contribution in [3.8, 4) is 5.75 Å². The van der Waals surface area contributed by atoms with Crippen molar-refractivity contribution >= 4 is 64.2 Å². The Bertz CT molecular complexity index is 2020. The number of carbonyl (C=O) groups excluding carboxylic acids is 3. The molecule has 0 aromatic heterocycles. The Kier molecular flexibility index (Phi) is 11.4. The molecular formula is C37H29ClN4O6S. The third-order valence-corrected chi connectivity index (χ3v) is 8.55. The molecule has 5 aromatic carbocycles. The second-order valence-corrected chi connectivity index (χ2v) is 12.0. The van der Waals surface area contributed by atoms with Gasteiger partial charge in [0, 0.05) is 27.2 Å². The molecule has 0 saturated heterocycles. The Morgan fingerprint density at radius 1 is 0.837 bits per heavy atom. The SMILES string of the molecule is COc1ccc(Cl)cc1NC(=O)C(Sc1cccc(NC(=O)/C(=C\c2ccccc2[N+](=O)[O-])NC(=O)c2ccccc2)c1)c1ccccc1. The Labute approximate surface area is 291 Å². The van der Waals surface area contributed by atoms with Crippen LogP contribution < -0.4 is 20.7 Å². The highest BCUT2D eigenvalue weighted by Gasteiger charge is 2.24. The van der Waals surface area contributed by atoms with Gasteiger partial charge >= 0.3 is 0 Å². The first-order chi connectivity index (χ1) is 23.7. The van der Waals surface area contributed by atoms with Crippen LogP contribution in [-0.2, 0) is 9.59 Å². The van der Waals surface area contributed by atoms with Gasteiger partial charge in [0.2, 0.25) is 5.91 Å². The molecule has 1 unspecified atom stereocenters. The number of rotatable bonds is 12. The zero-order chi connectivity index (χ0) is 34.8. The van der Waals surface area contributed by atoms with Crippen molar-refractivity contribution in [3.63, 3.8) is 0 Å². The Morgan fingerprint density at radius 3 is 2.24 bits per heavy atom. The Balaban J connectivity index is 1.42. The smallest absolute Gasteiger partial charge is 0.276 e. The maximum absolute atomic E-state index is 13.7. The average molecular weight is 693 g/mol. The van der Waals surface area contributed by atoms with Crippen molar-refractivity contribution in [2.45, 2.75) is 10.1 Å². The summed E-state index contributed by atoms with van der Waals surface area (Å²) in [5, 5.41) is 19.7. The standard InChI is InChI=1S/C37H29ClN4O6S/c1-48-33-20-19-27(38)22-30(33)40-37(45)34(24-11-4-2-5-12-24)49-29-17-10-16-28(23-29)39-36(44)31(41-35(43)25-13-6-3-7-14-25)21-26-15-8-9-18-32(26)42(46)47/h2-23,34H,1H3,(H,39,44)(H,40,45)(H,41,43)/b31-21+. The van der Waals surface area contributed by atoms with Crippen molar-refractivity contribution in [1.29, 1.82) is 0 Å². The fourth-order valence-electron chi connectivity index (χ4n) is 4.73. The summed E-state index contributed by atoms with van der Waals surface area (Å²) >= 11 is 7.44. The van der Waals surface area contributed by atoms with Gasteiger partial charge in [-0.25, -0.2) is 0 Å². The van der Waals surface area contributed by atoms with Crippen LogP contribution in [0.25, 0.3) is 6.08 Å². The second kappa shape index (κ2) is 16.3. The molecule has 0 radical (unpaired) electrons. The van der Waals surface area contributed by atoms with E-state index in [2.05, 4.69) is 16.0 Å². The number of methoxy groups -OCH3 is 1. The molecule has 0 heterocycles. The van der Waals surface area contributed by atoms with Crippen molar-refractivity contribution in [3.05, 3.63) is 165 Å². The topological polar surface area (TPSA) is 140 Å². The fraction of sp³-hybridized carbons (Fsp3) is 0.0541. The summed E-state index contributed by atoms with van der Waals surface area (Å²) in [5.41, 5.74) is 1.49. The zero-order valence-corrected chi connectivity index (χ0v) is 27.5. The molecule has 246 valence electrons. The summed E-state index contributed by atoms with van der Waals surface area (Å²) in [7, 11) is 1.50. The summed E-state index contributed by atoms with van der Waals surface area (Å²) in [4.78, 5) is 52.2. The lowest BCUT2D eigenvalue weighted by Crippen LogP contribution is -2.30. The molecule has 0 spiro atoms. The van der Waals surface area contributed by atoms with E-state index < -0.39 is 22.0 Å². The van der Waals surface area contributed by atoms with Crippen molar-refractivity contribution in [1.82, 2.24) is 5.32 Å². The van der Waals surface area contributed by atoms with E-state index >= 15 is 0 Å². The van der Waals surface area contributed by atoms with Crippen LogP contribution in [0.2, 0.25) is 5.02 Å². The number of benzene rings is 5. The third-order valence-electron chi connectivity index (χ3n) is 7.07. The number of nitro benzene ring substituents is 1. The number of nitrogens with zero attached hydrogens (tertiary/aromatic N) is 1. The molecule has 3 N–H and O–H groups in total. The predicted octanol–water partition coefficient (Wildman–Crippen LogP) is 8.14. The lowest BCUT2D eigenvalue weighted by Gasteiger charge is -2.19. The van der Waals surface area contributed by atoms with E-state index in [0.29, 0.717) is 32.6 Å². The molecule has 3 amide bonds. The lowest BCUT2D eigenvalue weighted by molar-refractivity contribution is -0.385. The first-order valence-electron chi connectivity index (χ1n) is 14.8. The van der Waals surface area contributed by atoms with Crippen LogP contribution in [0, 0.1) is 10.1 Å². The quantitative estimate of drug-likeness (QED) is 0.0519. The lowest BCUT2D eigenvalue weighted by atomic mass is 10.1. The van der Waals surface area contributed by atoms with Gasteiger partial charge in [0.1, 0.15) is 16.7 Å². The fourth-order valence-corrected chi connectivity index (χ4v) is 5.99. The number of para-hydroxylation sites is 1. The zero-order valence-electron chi connectivity index (χ0n) is 26.0. The van der Waals surface area contributed by atoms with Gasteiger partial charge in [-0.3, -0.25) is 24.5 Å². The molecule has 0 bridgehead atoms. The number of anilines is 2. The maximum atomic E-state index is 13.7. The van der Waals surface area contributed by atoms with Gasteiger partial charge in [0.25, 0.3) is 17.5 Å². The van der Waals surface area contributed by atoms with Crippen LogP contribution in [0.4, 0.5) is 17.1 Å². The van der Waals surface area contributed by atoms with E-state index in [1.54, 1.807) is 78.9 Å². The first kappa shape index (κ1) is 34.4. The molecule has 10 nitrogen and oxygen atoms in total. The molecule has 49 heavy (non-hydrogen) atoms. The van der Waals surface area contributed by atoms with Crippen molar-refractivity contribution in [2.75, 3.05) is 17.7 Å². The number of ether oxygens (including phenoxy) is 1. The van der Waals surface area contributed by atoms with Crippen LogP contribution in [0.1, 0.15) is 26.7 Å². The van der Waals surface area contributed by atoms with Gasteiger partial charge in [0.15, 0.2) is 0 Å². The maximum Gasteiger partial charge on any atom is 0.276 e. The van der Waals surface area contributed by atoms with Gasteiger partial charge in [-0.05, 0) is 66.2 Å². The molecule has 1 atom stereocenters. The molecule has 0 saturated carbocycles. The largest absolute Gasteiger partial charge is 0.495 e. The van der Waals surface area contributed by atoms with Gasteiger partial charge in [-0.2, -0.15) is 0 Å². The molecule has 12 heteroatoms. The number of hydrogen-bond donors (Lipinski definition) is 3. The highest BCUT2D eigenvalue weighted by atomic mass is 35.5. The van der Waals surface area contributed by atoms with Crippen LogP contribution >= 0.6 is 23.4 Å². The number of hydrogen-bond acceptors (Lipinski definition) is 7. The molecule has 0 aliphatic carbocycles. The number of nitro groups is 1. The average Bonchev–Trinajstić information content (AvgIpc) is 3.11. The summed E-state index contributed by atoms with van der Waals surface area (Å²) < 4.78 is 5.40. The van der Waals surface area contributed by atoms with E-state index in [1.807, 2.05) is 30.3 Å². The molecule has 0 aliphatic rings. The highest BCUT2D eigenvalue weighted by Crippen LogP contribution is 2.38. The predicted molar refractivity (Wildman–Crippen MR) is 192 cm³/mol. The molecule has 0 fully saturated rings. The van der Waals surface area contributed by atoms with E-state index in [-0.39, 0.29) is 22.9 Å². The minimum Gasteiger partial charge on any atom is -0.495 e. The molecule has 5 rings (SSSR count). The monoisotopic (exact) mass is 692 g/mol. The van der Waals surface area contributed by atoms with Gasteiger partial charge < -0.3 is 20.7 Å². The van der Waals surface area contributed by atoms with Gasteiger partial charge in [-0.1, -0.05) is 78.3 Å². The normalized spacial score (nSPS) is 11.6. The minimum absolute atomic E-state index is 0.128. The molecule has 5 aromatic rings. The molecule has 0 aliphatic heterocycles. The number of halogens is 1. The van der Waals surface area contributed by atoms with E-state index in [9.17, 15) is 24.5 Å². The summed E-state index contributed by atoms with van der Waals surface area (Å²) in [5.74, 6) is -1.17. The number of carbonyl (C=O) groups is 3. The number of thioether (sulfide) groups is 1. The minimum atomic E-state index is -0.713. The van der Waals surface area contributed by atoms with E-state index in [1.165, 1.54) is 43.1 Å². The van der Waals surface area contributed by atoms with Gasteiger partial charge in [-0.15, -0.1) is 11.8 Å². The Morgan fingerprint density at radius 2 is 1.53 bits per heavy atom. The van der Waals surface area contributed by atoms with E-state index in [4.69, 9.17) is 16.3 Å². The van der Waals surface area contributed by atoms with Crippen molar-refractivity contribution in [2.24, 2.45) is 0 Å². The van der Waals surface area contributed by atoms with Crippen LogP contribution in [0.3, 0.4) is 0 Å². The summed E-state index contributed by atoms with van der Waals surface area (Å²) in [6.07, 6.45) is 1.26. The van der Waals surface area contributed by atoms with Crippen molar-refractivity contribution < 1.29 is 24.0 Å². The van der Waals surface area contributed by atoms with E-state index in [0.717, 1.165) is 5.56 Å². The number of nitrogens with one attached hydrogen (secondary N) is 3. The van der Waals surface area contributed by atoms with Crippen LogP contribution in [0.15, 0.2) is 138 Å². The Hall–Kier alpha value is -5.91. The number of amides is 3. The third kappa shape index (κ3) is 9.13.